The number of ether oxygens (including phenoxy) is 2. The highest BCUT2D eigenvalue weighted by atomic mass is 16.5. The number of nitrogens with zero attached hydrogens (tertiary/aromatic N) is 5. The van der Waals surface area contributed by atoms with Gasteiger partial charge in [0.1, 0.15) is 11.2 Å². The Morgan fingerprint density at radius 1 is 1.11 bits per heavy atom. The monoisotopic (exact) mass is 491 g/mol. The summed E-state index contributed by atoms with van der Waals surface area (Å²) >= 11 is 0. The molecule has 1 aromatic heterocycles. The van der Waals surface area contributed by atoms with Gasteiger partial charge in [-0.05, 0) is 36.5 Å². The first kappa shape index (κ1) is 23.2. The van der Waals surface area contributed by atoms with E-state index in [1.165, 1.54) is 19.3 Å². The predicted molar refractivity (Wildman–Crippen MR) is 138 cm³/mol. The molecule has 3 aliphatic heterocycles. The molecule has 1 aromatic carbocycles. The quantitative estimate of drug-likeness (QED) is 0.594. The molecule has 1 saturated heterocycles. The third-order valence-electron chi connectivity index (χ3n) is 8.00. The van der Waals surface area contributed by atoms with Gasteiger partial charge in [0.2, 0.25) is 0 Å². The van der Waals surface area contributed by atoms with Crippen LogP contribution in [0, 0.1) is 11.8 Å². The van der Waals surface area contributed by atoms with Crippen molar-refractivity contribution in [1.29, 1.82) is 0 Å². The third kappa shape index (κ3) is 3.90. The highest BCUT2D eigenvalue weighted by molar-refractivity contribution is 6.44. The number of hydrogen-bond acceptors (Lipinski definition) is 6. The average molecular weight is 492 g/mol. The number of aromatic nitrogens is 2. The van der Waals surface area contributed by atoms with E-state index in [0.717, 1.165) is 60.8 Å². The Morgan fingerprint density at radius 2 is 1.92 bits per heavy atom. The zero-order valence-electron chi connectivity index (χ0n) is 21.0. The van der Waals surface area contributed by atoms with Crippen LogP contribution in [0.15, 0.2) is 40.4 Å². The van der Waals surface area contributed by atoms with Crippen LogP contribution < -0.4 is 10.4 Å². The first-order valence-electron chi connectivity index (χ1n) is 12.9. The first-order valence-corrected chi connectivity index (χ1v) is 12.9. The lowest BCUT2D eigenvalue weighted by Crippen LogP contribution is -2.39. The summed E-state index contributed by atoms with van der Waals surface area (Å²) in [5.74, 6) is 0.967. The van der Waals surface area contributed by atoms with E-state index in [4.69, 9.17) is 9.47 Å². The SMILES string of the molecule is CN1C=C(c2ccc3c(c2OCC2CCC2)n(CCN2CCOCC2)c(=O)n3C)C2C=CN=C2C1=O. The van der Waals surface area contributed by atoms with E-state index >= 15 is 0 Å². The minimum atomic E-state index is -0.213. The lowest BCUT2D eigenvalue weighted by atomic mass is 9.85. The van der Waals surface area contributed by atoms with Crippen molar-refractivity contribution in [3.8, 4) is 5.75 Å². The number of morpholine rings is 1. The average Bonchev–Trinajstić information content (AvgIpc) is 3.44. The Hall–Kier alpha value is -3.17. The highest BCUT2D eigenvalue weighted by Crippen LogP contribution is 2.41. The molecule has 2 fully saturated rings. The first-order chi connectivity index (χ1) is 17.5. The Kier molecular flexibility index (Phi) is 6.05. The van der Waals surface area contributed by atoms with Gasteiger partial charge in [0.15, 0.2) is 5.75 Å². The number of carbonyl (C=O) groups is 1. The van der Waals surface area contributed by atoms with Gasteiger partial charge in [-0.3, -0.25) is 23.8 Å². The topological polar surface area (TPSA) is 81.3 Å². The molecule has 36 heavy (non-hydrogen) atoms. The van der Waals surface area contributed by atoms with Crippen molar-refractivity contribution in [3.05, 3.63) is 46.7 Å². The molecule has 1 unspecified atom stereocenters. The van der Waals surface area contributed by atoms with Crippen LogP contribution in [0.4, 0.5) is 0 Å². The number of amides is 1. The Labute approximate surface area is 210 Å². The zero-order chi connectivity index (χ0) is 24.8. The largest absolute Gasteiger partial charge is 0.490 e. The highest BCUT2D eigenvalue weighted by Gasteiger charge is 2.36. The fraction of sp³-hybridized carbons (Fsp3) is 0.519. The van der Waals surface area contributed by atoms with Crippen LogP contribution in [0.25, 0.3) is 16.6 Å². The molecule has 0 bridgehead atoms. The van der Waals surface area contributed by atoms with Crippen LogP contribution in [0.5, 0.6) is 5.75 Å². The minimum Gasteiger partial charge on any atom is -0.490 e. The number of benzene rings is 1. The maximum atomic E-state index is 13.4. The van der Waals surface area contributed by atoms with Crippen molar-refractivity contribution in [2.24, 2.45) is 23.9 Å². The van der Waals surface area contributed by atoms with Crippen LogP contribution in [-0.4, -0.2) is 77.1 Å². The van der Waals surface area contributed by atoms with Gasteiger partial charge in [-0.2, -0.15) is 0 Å². The molecule has 4 aliphatic rings. The summed E-state index contributed by atoms with van der Waals surface area (Å²) < 4.78 is 15.7. The van der Waals surface area contributed by atoms with Gasteiger partial charge >= 0.3 is 5.69 Å². The van der Waals surface area contributed by atoms with Crippen LogP contribution in [0.1, 0.15) is 24.8 Å². The van der Waals surface area contributed by atoms with Crippen LogP contribution in [-0.2, 0) is 23.1 Å². The number of hydrogen-bond donors (Lipinski definition) is 0. The molecule has 0 radical (unpaired) electrons. The van der Waals surface area contributed by atoms with Gasteiger partial charge < -0.3 is 14.4 Å². The number of aliphatic imine (C=N–C) groups is 1. The number of imidazole rings is 1. The van der Waals surface area contributed by atoms with E-state index in [9.17, 15) is 9.59 Å². The van der Waals surface area contributed by atoms with E-state index in [1.807, 2.05) is 36.0 Å². The predicted octanol–water partition coefficient (Wildman–Crippen LogP) is 2.25. The molecule has 0 spiro atoms. The molecule has 4 heterocycles. The number of rotatable bonds is 7. The Morgan fingerprint density at radius 3 is 2.67 bits per heavy atom. The Balaban J connectivity index is 1.46. The molecule has 9 heteroatoms. The Bertz CT molecular complexity index is 1340. The summed E-state index contributed by atoms with van der Waals surface area (Å²) in [5.41, 5.74) is 4.04. The number of fused-ring (bicyclic) bond motifs is 2. The summed E-state index contributed by atoms with van der Waals surface area (Å²) in [4.78, 5) is 34.4. The van der Waals surface area contributed by atoms with Crippen LogP contribution in [0.3, 0.4) is 0 Å². The molecule has 1 saturated carbocycles. The molecular formula is C27H33N5O4. The zero-order valence-corrected chi connectivity index (χ0v) is 21.0. The lowest BCUT2D eigenvalue weighted by molar-refractivity contribution is -0.121. The number of aryl methyl sites for hydroxylation is 1. The number of allylic oxidation sites excluding steroid dienone is 2. The molecule has 9 nitrogen and oxygen atoms in total. The molecule has 1 atom stereocenters. The van der Waals surface area contributed by atoms with Gasteiger partial charge in [0, 0.05) is 58.2 Å². The second-order valence-electron chi connectivity index (χ2n) is 10.2. The summed E-state index contributed by atoms with van der Waals surface area (Å²) in [6.45, 7) is 5.18. The van der Waals surface area contributed by atoms with Gasteiger partial charge in [-0.25, -0.2) is 4.79 Å². The molecule has 0 N–H and O–H groups in total. The maximum Gasteiger partial charge on any atom is 0.328 e. The molecule has 190 valence electrons. The fourth-order valence-electron chi connectivity index (χ4n) is 5.57. The number of carbonyl (C=O) groups excluding carboxylic acids is 1. The van der Waals surface area contributed by atoms with Crippen molar-refractivity contribution in [1.82, 2.24) is 18.9 Å². The summed E-state index contributed by atoms with van der Waals surface area (Å²) in [6.07, 6.45) is 9.14. The van der Waals surface area contributed by atoms with Crippen LogP contribution in [0.2, 0.25) is 0 Å². The van der Waals surface area contributed by atoms with Crippen molar-refractivity contribution in [2.75, 3.05) is 46.5 Å². The van der Waals surface area contributed by atoms with Crippen molar-refractivity contribution in [2.45, 2.75) is 25.8 Å². The van der Waals surface area contributed by atoms with Crippen LogP contribution >= 0.6 is 0 Å². The van der Waals surface area contributed by atoms with E-state index < -0.39 is 0 Å². The van der Waals surface area contributed by atoms with E-state index in [-0.39, 0.29) is 17.5 Å². The minimum absolute atomic E-state index is 0.0446. The molecule has 1 aliphatic carbocycles. The smallest absolute Gasteiger partial charge is 0.328 e. The van der Waals surface area contributed by atoms with Gasteiger partial charge in [-0.1, -0.05) is 12.5 Å². The normalized spacial score (nSPS) is 22.6. The van der Waals surface area contributed by atoms with E-state index in [1.54, 1.807) is 22.7 Å². The summed E-state index contributed by atoms with van der Waals surface area (Å²) in [7, 11) is 3.58. The lowest BCUT2D eigenvalue weighted by Gasteiger charge is -2.29. The maximum absolute atomic E-state index is 13.4. The van der Waals surface area contributed by atoms with Gasteiger partial charge in [-0.15, -0.1) is 0 Å². The van der Waals surface area contributed by atoms with Gasteiger partial charge in [0.05, 0.1) is 31.3 Å². The van der Waals surface area contributed by atoms with E-state index in [0.29, 0.717) is 24.8 Å². The molecular weight excluding hydrogens is 458 g/mol. The fourth-order valence-corrected chi connectivity index (χ4v) is 5.57. The molecule has 6 rings (SSSR count). The standard InChI is InChI=1S/C27H33N5O4/c1-29-16-21(19-8-9-28-23(19)26(29)33)20-6-7-22-24(25(20)36-17-18-4-3-5-18)32(27(34)30(22)2)11-10-31-12-14-35-15-13-31/h6-9,16,18-19H,3-5,10-15,17H2,1-2H3. The van der Waals surface area contributed by atoms with Crippen molar-refractivity contribution in [3.63, 3.8) is 0 Å². The summed E-state index contributed by atoms with van der Waals surface area (Å²) in [5, 5.41) is 0. The second-order valence-corrected chi connectivity index (χ2v) is 10.2. The van der Waals surface area contributed by atoms with Crippen molar-refractivity contribution < 1.29 is 14.3 Å². The molecule has 1 amide bonds. The molecule has 2 aromatic rings. The third-order valence-corrected chi connectivity index (χ3v) is 8.00. The van der Waals surface area contributed by atoms with Crippen molar-refractivity contribution >= 4 is 28.2 Å². The van der Waals surface area contributed by atoms with Gasteiger partial charge in [0.25, 0.3) is 5.91 Å². The summed E-state index contributed by atoms with van der Waals surface area (Å²) in [6, 6.07) is 4.03. The van der Waals surface area contributed by atoms with E-state index in [2.05, 4.69) is 9.89 Å². The second kappa shape index (κ2) is 9.37.